The molecule has 0 unspecified atom stereocenters. The van der Waals surface area contributed by atoms with Crippen molar-refractivity contribution >= 4 is 39.3 Å². The van der Waals surface area contributed by atoms with Crippen molar-refractivity contribution in [3.63, 3.8) is 0 Å². The molecule has 6 nitrogen and oxygen atoms in total. The summed E-state index contributed by atoms with van der Waals surface area (Å²) in [6.07, 6.45) is 2.27. The minimum absolute atomic E-state index is 0.0267. The van der Waals surface area contributed by atoms with Crippen LogP contribution in [-0.4, -0.2) is 33.5 Å². The van der Waals surface area contributed by atoms with E-state index in [1.165, 1.54) is 0 Å². The Bertz CT molecular complexity index is 1070. The topological polar surface area (TPSA) is 69.0 Å². The highest BCUT2D eigenvalue weighted by molar-refractivity contribution is 9.10. The Labute approximate surface area is 190 Å². The summed E-state index contributed by atoms with van der Waals surface area (Å²) in [5, 5.41) is 11.4. The number of allylic oxidation sites excluding steroid dienone is 1. The molecule has 31 heavy (non-hydrogen) atoms. The van der Waals surface area contributed by atoms with Gasteiger partial charge in [0.2, 0.25) is 5.91 Å². The van der Waals surface area contributed by atoms with Crippen molar-refractivity contribution in [2.75, 3.05) is 18.2 Å². The highest BCUT2D eigenvalue weighted by Gasteiger charge is 2.16. The maximum Gasteiger partial charge on any atom is 0.234 e. The molecule has 2 aromatic carbocycles. The van der Waals surface area contributed by atoms with E-state index in [-0.39, 0.29) is 15.9 Å². The van der Waals surface area contributed by atoms with Crippen molar-refractivity contribution < 1.29 is 18.3 Å². The van der Waals surface area contributed by atoms with Crippen molar-refractivity contribution in [1.82, 2.24) is 14.8 Å². The zero-order valence-corrected chi connectivity index (χ0v) is 19.0. The van der Waals surface area contributed by atoms with Gasteiger partial charge in [0.1, 0.15) is 17.4 Å². The van der Waals surface area contributed by atoms with E-state index in [0.29, 0.717) is 24.2 Å². The first-order chi connectivity index (χ1) is 14.9. The van der Waals surface area contributed by atoms with Gasteiger partial charge in [0, 0.05) is 23.5 Å². The Hall–Kier alpha value is -2.72. The fraction of sp³-hybridized carbons (Fsp3) is 0.190. The molecule has 1 N–H and O–H groups in total. The van der Waals surface area contributed by atoms with E-state index in [0.717, 1.165) is 35.0 Å². The summed E-state index contributed by atoms with van der Waals surface area (Å²) in [5.41, 5.74) is 0.921. The number of amides is 1. The highest BCUT2D eigenvalue weighted by atomic mass is 79.9. The van der Waals surface area contributed by atoms with Crippen molar-refractivity contribution in [2.24, 2.45) is 0 Å². The quantitative estimate of drug-likeness (QED) is 0.331. The third-order valence-corrected chi connectivity index (χ3v) is 5.82. The molecule has 1 amide bonds. The number of halogens is 3. The van der Waals surface area contributed by atoms with Crippen LogP contribution in [0.25, 0.3) is 0 Å². The normalized spacial score (nSPS) is 10.7. The first-order valence-corrected chi connectivity index (χ1v) is 10.9. The van der Waals surface area contributed by atoms with Gasteiger partial charge in [-0.3, -0.25) is 4.79 Å². The van der Waals surface area contributed by atoms with Crippen LogP contribution in [0.3, 0.4) is 0 Å². The van der Waals surface area contributed by atoms with E-state index in [1.54, 1.807) is 13.2 Å². The molecule has 0 aliphatic heterocycles. The van der Waals surface area contributed by atoms with Crippen LogP contribution in [0.5, 0.6) is 5.75 Å². The van der Waals surface area contributed by atoms with Crippen molar-refractivity contribution in [1.29, 1.82) is 0 Å². The van der Waals surface area contributed by atoms with Crippen LogP contribution in [0.4, 0.5) is 14.5 Å². The Morgan fingerprint density at radius 3 is 2.68 bits per heavy atom. The summed E-state index contributed by atoms with van der Waals surface area (Å²) in [6.45, 7) is 4.24. The molecule has 0 aliphatic carbocycles. The minimum atomic E-state index is -0.859. The minimum Gasteiger partial charge on any atom is -0.497 e. The van der Waals surface area contributed by atoms with Gasteiger partial charge in [-0.1, -0.05) is 30.0 Å². The Morgan fingerprint density at radius 1 is 1.29 bits per heavy atom. The Kier molecular flexibility index (Phi) is 7.80. The van der Waals surface area contributed by atoms with Gasteiger partial charge >= 0.3 is 0 Å². The molecule has 3 rings (SSSR count). The van der Waals surface area contributed by atoms with Gasteiger partial charge in [0.05, 0.1) is 18.6 Å². The molecule has 0 fully saturated rings. The van der Waals surface area contributed by atoms with Crippen LogP contribution in [0.15, 0.2) is 58.7 Å². The lowest BCUT2D eigenvalue weighted by Gasteiger charge is -2.10. The second-order valence-electron chi connectivity index (χ2n) is 6.40. The number of nitrogens with one attached hydrogen (secondary N) is 1. The predicted molar refractivity (Wildman–Crippen MR) is 119 cm³/mol. The van der Waals surface area contributed by atoms with E-state index in [2.05, 4.69) is 38.0 Å². The molecule has 1 heterocycles. The second kappa shape index (κ2) is 10.5. The molecule has 1 aromatic heterocycles. The van der Waals surface area contributed by atoms with Gasteiger partial charge < -0.3 is 14.6 Å². The van der Waals surface area contributed by atoms with E-state index >= 15 is 0 Å². The summed E-state index contributed by atoms with van der Waals surface area (Å²) >= 11 is 4.22. The van der Waals surface area contributed by atoms with Crippen LogP contribution in [-0.2, 0) is 17.8 Å². The summed E-state index contributed by atoms with van der Waals surface area (Å²) in [5.74, 6) is -0.592. The molecule has 10 heteroatoms. The maximum absolute atomic E-state index is 13.9. The zero-order chi connectivity index (χ0) is 22.4. The van der Waals surface area contributed by atoms with Crippen LogP contribution in [0.1, 0.15) is 11.4 Å². The van der Waals surface area contributed by atoms with Crippen LogP contribution < -0.4 is 10.1 Å². The smallest absolute Gasteiger partial charge is 0.234 e. The van der Waals surface area contributed by atoms with E-state index < -0.39 is 17.5 Å². The van der Waals surface area contributed by atoms with E-state index in [9.17, 15) is 13.6 Å². The summed E-state index contributed by atoms with van der Waals surface area (Å²) in [4.78, 5) is 12.3. The fourth-order valence-electron chi connectivity index (χ4n) is 2.76. The Balaban J connectivity index is 1.68. The number of anilines is 1. The van der Waals surface area contributed by atoms with Crippen molar-refractivity contribution in [2.45, 2.75) is 18.1 Å². The molecule has 162 valence electrons. The number of aromatic nitrogens is 3. The van der Waals surface area contributed by atoms with Gasteiger partial charge in [-0.15, -0.1) is 16.8 Å². The van der Waals surface area contributed by atoms with E-state index in [4.69, 9.17) is 4.74 Å². The van der Waals surface area contributed by atoms with Crippen LogP contribution in [0.2, 0.25) is 0 Å². The molecule has 0 atom stereocenters. The largest absolute Gasteiger partial charge is 0.497 e. The zero-order valence-electron chi connectivity index (χ0n) is 16.6. The number of hydrogen-bond acceptors (Lipinski definition) is 5. The molecule has 0 spiro atoms. The SMILES string of the molecule is C=CCn1c(Cc2ccc(OC)cc2)nnc1SCC(=O)Nc1c(F)cc(F)cc1Br. The fourth-order valence-corrected chi connectivity index (χ4v) is 4.04. The van der Waals surface area contributed by atoms with Crippen molar-refractivity contribution in [3.05, 3.63) is 76.5 Å². The number of thioether (sulfide) groups is 1. The summed E-state index contributed by atoms with van der Waals surface area (Å²) in [6, 6.07) is 9.42. The number of rotatable bonds is 9. The van der Waals surface area contributed by atoms with Gasteiger partial charge in [-0.05, 0) is 39.7 Å². The lowest BCUT2D eigenvalue weighted by molar-refractivity contribution is -0.113. The number of carbonyl (C=O) groups excluding carboxylic acids is 1. The number of hydrogen-bond donors (Lipinski definition) is 1. The lowest BCUT2D eigenvalue weighted by Crippen LogP contribution is -2.16. The maximum atomic E-state index is 13.9. The average molecular weight is 509 g/mol. The second-order valence-corrected chi connectivity index (χ2v) is 8.20. The standard InChI is InChI=1S/C21H19BrF2N4O2S/c1-3-8-28-18(9-13-4-6-15(30-2)7-5-13)26-27-21(28)31-12-19(29)25-20-16(22)10-14(23)11-17(20)24/h3-7,10-11H,1,8-9,12H2,2H3,(H,25,29). The lowest BCUT2D eigenvalue weighted by atomic mass is 10.1. The van der Waals surface area contributed by atoms with Gasteiger partial charge in [-0.2, -0.15) is 0 Å². The molecule has 0 bridgehead atoms. The number of ether oxygens (including phenoxy) is 1. The highest BCUT2D eigenvalue weighted by Crippen LogP contribution is 2.27. The van der Waals surface area contributed by atoms with Gasteiger partial charge in [0.15, 0.2) is 11.0 Å². The number of benzene rings is 2. The molecular formula is C21H19BrF2N4O2S. The molecular weight excluding hydrogens is 490 g/mol. The third kappa shape index (κ3) is 5.92. The molecule has 0 aliphatic rings. The van der Waals surface area contributed by atoms with Gasteiger partial charge in [-0.25, -0.2) is 8.78 Å². The molecule has 0 saturated heterocycles. The molecule has 3 aromatic rings. The first-order valence-electron chi connectivity index (χ1n) is 9.14. The van der Waals surface area contributed by atoms with Crippen LogP contribution in [0, 0.1) is 11.6 Å². The van der Waals surface area contributed by atoms with Crippen molar-refractivity contribution in [3.8, 4) is 5.75 Å². The van der Waals surface area contributed by atoms with Crippen LogP contribution >= 0.6 is 27.7 Å². The molecule has 0 radical (unpaired) electrons. The number of methoxy groups -OCH3 is 1. The number of nitrogens with zero attached hydrogens (tertiary/aromatic N) is 3. The Morgan fingerprint density at radius 2 is 2.03 bits per heavy atom. The first kappa shape index (κ1) is 23.0. The summed E-state index contributed by atoms with van der Waals surface area (Å²) in [7, 11) is 1.61. The average Bonchev–Trinajstić information content (AvgIpc) is 3.11. The van der Waals surface area contributed by atoms with E-state index in [1.807, 2.05) is 28.8 Å². The molecule has 0 saturated carbocycles. The van der Waals surface area contributed by atoms with Gasteiger partial charge in [0.25, 0.3) is 0 Å². The predicted octanol–water partition coefficient (Wildman–Crippen LogP) is 4.84. The monoisotopic (exact) mass is 508 g/mol. The number of carbonyl (C=O) groups is 1. The summed E-state index contributed by atoms with van der Waals surface area (Å²) < 4.78 is 34.3. The third-order valence-electron chi connectivity index (χ3n) is 4.23.